The van der Waals surface area contributed by atoms with Crippen LogP contribution in [0.5, 0.6) is 0 Å². The predicted molar refractivity (Wildman–Crippen MR) is 85.9 cm³/mol. The minimum atomic E-state index is -0.0131. The van der Waals surface area contributed by atoms with E-state index in [1.54, 1.807) is 0 Å². The Morgan fingerprint density at radius 3 is 2.45 bits per heavy atom. The van der Waals surface area contributed by atoms with Crippen molar-refractivity contribution in [3.05, 3.63) is 58.9 Å². The third kappa shape index (κ3) is 2.76. The molecule has 0 spiro atoms. The Kier molecular flexibility index (Phi) is 3.73. The standard InChI is InChI=1S/C17H18N4O/c1-11-6-12(2)8-15(7-11)19-20-17-13(3)18-16-5-4-14(10-22)9-21(16)17/h4-9,22H,10H2,1-3H3. The van der Waals surface area contributed by atoms with Gasteiger partial charge in [-0.25, -0.2) is 4.98 Å². The second kappa shape index (κ2) is 5.69. The molecule has 1 N–H and O–H groups in total. The molecule has 0 aliphatic heterocycles. The maximum atomic E-state index is 9.28. The minimum absolute atomic E-state index is 0.0131. The molecule has 0 saturated carbocycles. The van der Waals surface area contributed by atoms with Crippen LogP contribution >= 0.6 is 0 Å². The lowest BCUT2D eigenvalue weighted by Gasteiger charge is -2.01. The Morgan fingerprint density at radius 1 is 1.05 bits per heavy atom. The van der Waals surface area contributed by atoms with Crippen LogP contribution in [0.2, 0.25) is 0 Å². The molecule has 5 heteroatoms. The molecular formula is C17H18N4O. The van der Waals surface area contributed by atoms with Crippen LogP contribution in [0, 0.1) is 20.8 Å². The Labute approximate surface area is 129 Å². The number of hydrogen-bond acceptors (Lipinski definition) is 4. The first-order chi connectivity index (χ1) is 10.6. The molecule has 0 amide bonds. The van der Waals surface area contributed by atoms with Crippen molar-refractivity contribution in [3.63, 3.8) is 0 Å². The van der Waals surface area contributed by atoms with Crippen LogP contribution in [-0.4, -0.2) is 14.5 Å². The first kappa shape index (κ1) is 14.4. The molecule has 0 bridgehead atoms. The van der Waals surface area contributed by atoms with E-state index in [4.69, 9.17) is 0 Å². The summed E-state index contributed by atoms with van der Waals surface area (Å²) >= 11 is 0. The van der Waals surface area contributed by atoms with Gasteiger partial charge in [0.15, 0.2) is 5.82 Å². The average Bonchev–Trinajstić information content (AvgIpc) is 2.78. The summed E-state index contributed by atoms with van der Waals surface area (Å²) in [4.78, 5) is 4.46. The zero-order chi connectivity index (χ0) is 15.7. The van der Waals surface area contributed by atoms with Crippen molar-refractivity contribution >= 4 is 17.2 Å². The molecule has 0 aliphatic carbocycles. The van der Waals surface area contributed by atoms with Gasteiger partial charge >= 0.3 is 0 Å². The topological polar surface area (TPSA) is 62.2 Å². The summed E-state index contributed by atoms with van der Waals surface area (Å²) in [6, 6.07) is 9.81. The minimum Gasteiger partial charge on any atom is -0.392 e. The van der Waals surface area contributed by atoms with Crippen molar-refractivity contribution in [1.82, 2.24) is 9.38 Å². The molecule has 0 fully saturated rings. The molecule has 22 heavy (non-hydrogen) atoms. The van der Waals surface area contributed by atoms with Gasteiger partial charge in [0.25, 0.3) is 0 Å². The highest BCUT2D eigenvalue weighted by Gasteiger charge is 2.08. The van der Waals surface area contributed by atoms with E-state index in [2.05, 4.69) is 21.3 Å². The zero-order valence-electron chi connectivity index (χ0n) is 12.9. The summed E-state index contributed by atoms with van der Waals surface area (Å²) in [5, 5.41) is 18.0. The number of hydrogen-bond donors (Lipinski definition) is 1. The van der Waals surface area contributed by atoms with Crippen LogP contribution in [0.4, 0.5) is 11.5 Å². The second-order valence-corrected chi connectivity index (χ2v) is 5.49. The molecule has 0 unspecified atom stereocenters. The smallest absolute Gasteiger partial charge is 0.182 e. The van der Waals surface area contributed by atoms with E-state index in [0.29, 0.717) is 5.82 Å². The highest BCUT2D eigenvalue weighted by Crippen LogP contribution is 2.25. The molecule has 112 valence electrons. The fraction of sp³-hybridized carbons (Fsp3) is 0.235. The lowest BCUT2D eigenvalue weighted by Crippen LogP contribution is -1.89. The van der Waals surface area contributed by atoms with E-state index in [9.17, 15) is 5.11 Å². The number of fused-ring (bicyclic) bond motifs is 1. The highest BCUT2D eigenvalue weighted by molar-refractivity contribution is 5.53. The number of aliphatic hydroxyl groups is 1. The number of aromatic nitrogens is 2. The number of aryl methyl sites for hydroxylation is 3. The van der Waals surface area contributed by atoms with Gasteiger partial charge in [-0.15, -0.1) is 10.2 Å². The zero-order valence-corrected chi connectivity index (χ0v) is 12.9. The molecule has 0 atom stereocenters. The van der Waals surface area contributed by atoms with Crippen molar-refractivity contribution in [2.24, 2.45) is 10.2 Å². The van der Waals surface area contributed by atoms with Gasteiger partial charge in [-0.3, -0.25) is 4.40 Å². The monoisotopic (exact) mass is 294 g/mol. The fourth-order valence-corrected chi connectivity index (χ4v) is 2.52. The molecule has 3 aromatic rings. The highest BCUT2D eigenvalue weighted by atomic mass is 16.3. The molecular weight excluding hydrogens is 276 g/mol. The number of benzene rings is 1. The van der Waals surface area contributed by atoms with Gasteiger partial charge in [0.2, 0.25) is 0 Å². The Bertz CT molecular complexity index is 844. The van der Waals surface area contributed by atoms with Crippen LogP contribution in [-0.2, 0) is 6.61 Å². The molecule has 0 saturated heterocycles. The molecule has 2 aromatic heterocycles. The summed E-state index contributed by atoms with van der Waals surface area (Å²) in [6.45, 7) is 5.97. The summed E-state index contributed by atoms with van der Waals surface area (Å²) in [5.74, 6) is 0.685. The second-order valence-electron chi connectivity index (χ2n) is 5.49. The molecule has 0 aliphatic rings. The van der Waals surface area contributed by atoms with Crippen LogP contribution in [0.1, 0.15) is 22.4 Å². The Balaban J connectivity index is 2.05. The summed E-state index contributed by atoms with van der Waals surface area (Å²) in [7, 11) is 0. The van der Waals surface area contributed by atoms with Crippen LogP contribution < -0.4 is 0 Å². The number of aliphatic hydroxyl groups excluding tert-OH is 1. The lowest BCUT2D eigenvalue weighted by molar-refractivity contribution is 0.281. The summed E-state index contributed by atoms with van der Waals surface area (Å²) in [6.07, 6.45) is 1.84. The van der Waals surface area contributed by atoms with E-state index in [1.807, 2.05) is 55.6 Å². The summed E-state index contributed by atoms with van der Waals surface area (Å²) < 4.78 is 1.85. The maximum Gasteiger partial charge on any atom is 0.182 e. The van der Waals surface area contributed by atoms with Crippen molar-refractivity contribution in [1.29, 1.82) is 0 Å². The van der Waals surface area contributed by atoms with Gasteiger partial charge in [0, 0.05) is 6.20 Å². The molecule has 3 rings (SSSR count). The Morgan fingerprint density at radius 2 is 1.77 bits per heavy atom. The van der Waals surface area contributed by atoms with Gasteiger partial charge in [-0.1, -0.05) is 12.1 Å². The molecule has 0 radical (unpaired) electrons. The number of rotatable bonds is 3. The van der Waals surface area contributed by atoms with Crippen LogP contribution in [0.25, 0.3) is 5.65 Å². The van der Waals surface area contributed by atoms with Gasteiger partial charge in [0.1, 0.15) is 5.65 Å². The normalized spacial score (nSPS) is 11.6. The number of pyridine rings is 1. The number of imidazole rings is 1. The number of nitrogens with zero attached hydrogens (tertiary/aromatic N) is 4. The van der Waals surface area contributed by atoms with E-state index in [-0.39, 0.29) is 6.61 Å². The van der Waals surface area contributed by atoms with Crippen molar-refractivity contribution in [3.8, 4) is 0 Å². The van der Waals surface area contributed by atoms with Crippen molar-refractivity contribution in [2.45, 2.75) is 27.4 Å². The van der Waals surface area contributed by atoms with Crippen molar-refractivity contribution < 1.29 is 5.11 Å². The van der Waals surface area contributed by atoms with Gasteiger partial charge in [-0.05, 0) is 55.7 Å². The molecule has 5 nitrogen and oxygen atoms in total. The third-order valence-corrected chi connectivity index (χ3v) is 3.47. The quantitative estimate of drug-likeness (QED) is 0.737. The van der Waals surface area contributed by atoms with Gasteiger partial charge in [-0.2, -0.15) is 0 Å². The molecule has 2 heterocycles. The van der Waals surface area contributed by atoms with E-state index < -0.39 is 0 Å². The van der Waals surface area contributed by atoms with Gasteiger partial charge < -0.3 is 5.11 Å². The lowest BCUT2D eigenvalue weighted by atomic mass is 10.1. The summed E-state index contributed by atoms with van der Waals surface area (Å²) in [5.41, 5.74) is 5.56. The predicted octanol–water partition coefficient (Wildman–Crippen LogP) is 4.17. The van der Waals surface area contributed by atoms with Crippen LogP contribution in [0.15, 0.2) is 46.8 Å². The SMILES string of the molecule is Cc1cc(C)cc(N=Nc2c(C)nc3ccc(CO)cn23)c1. The van der Waals surface area contributed by atoms with Crippen molar-refractivity contribution in [2.75, 3.05) is 0 Å². The fourth-order valence-electron chi connectivity index (χ4n) is 2.52. The maximum absolute atomic E-state index is 9.28. The van der Waals surface area contributed by atoms with E-state index in [1.165, 1.54) is 0 Å². The Hall–Kier alpha value is -2.53. The first-order valence-corrected chi connectivity index (χ1v) is 7.15. The van der Waals surface area contributed by atoms with E-state index in [0.717, 1.165) is 33.7 Å². The molecule has 1 aromatic carbocycles. The largest absolute Gasteiger partial charge is 0.392 e. The van der Waals surface area contributed by atoms with Gasteiger partial charge in [0.05, 0.1) is 18.0 Å². The average molecular weight is 294 g/mol. The number of azo groups is 1. The van der Waals surface area contributed by atoms with E-state index >= 15 is 0 Å². The first-order valence-electron chi connectivity index (χ1n) is 7.15. The van der Waals surface area contributed by atoms with Crippen LogP contribution in [0.3, 0.4) is 0 Å². The third-order valence-electron chi connectivity index (χ3n) is 3.47.